The van der Waals surface area contributed by atoms with Crippen molar-refractivity contribution in [2.45, 2.75) is 18.4 Å². The van der Waals surface area contributed by atoms with E-state index in [4.69, 9.17) is 14.2 Å². The van der Waals surface area contributed by atoms with E-state index in [1.165, 1.54) is 38.1 Å². The van der Waals surface area contributed by atoms with Crippen LogP contribution in [0.5, 0.6) is 17.2 Å². The van der Waals surface area contributed by atoms with E-state index >= 15 is 0 Å². The first-order chi connectivity index (χ1) is 20.2. The van der Waals surface area contributed by atoms with Gasteiger partial charge < -0.3 is 14.2 Å². The van der Waals surface area contributed by atoms with Crippen LogP contribution < -0.4 is 23.9 Å². The largest absolute Gasteiger partial charge is 0.497 e. The van der Waals surface area contributed by atoms with Crippen molar-refractivity contribution < 1.29 is 27.4 Å². The number of nitrogens with zero attached hydrogens (tertiary/aromatic N) is 2. The van der Waals surface area contributed by atoms with Crippen LogP contribution in [0.1, 0.15) is 16.7 Å². The second-order valence-electron chi connectivity index (χ2n) is 9.12. The molecule has 0 fully saturated rings. The Kier molecular flexibility index (Phi) is 10.2. The van der Waals surface area contributed by atoms with Gasteiger partial charge in [0.15, 0.2) is 11.5 Å². The molecule has 0 atom stereocenters. The lowest BCUT2D eigenvalue weighted by atomic mass is 10.2. The Morgan fingerprint density at radius 3 is 2.29 bits per heavy atom. The number of aryl methyl sites for hydroxylation is 1. The van der Waals surface area contributed by atoms with Crippen LogP contribution >= 0.6 is 15.9 Å². The predicted octanol–water partition coefficient (Wildman–Crippen LogP) is 5.70. The minimum absolute atomic E-state index is 0.0544. The second-order valence-corrected chi connectivity index (χ2v) is 11.8. The third-order valence-corrected chi connectivity index (χ3v) is 8.51. The summed E-state index contributed by atoms with van der Waals surface area (Å²) in [6.45, 7) is 1.88. The monoisotopic (exact) mass is 651 g/mol. The molecule has 4 rings (SSSR count). The van der Waals surface area contributed by atoms with Gasteiger partial charge in [0.05, 0.1) is 35.5 Å². The average Bonchev–Trinajstić information content (AvgIpc) is 3.00. The van der Waals surface area contributed by atoms with Crippen molar-refractivity contribution in [1.82, 2.24) is 5.43 Å². The maximum Gasteiger partial charge on any atom is 0.264 e. The van der Waals surface area contributed by atoms with Gasteiger partial charge in [-0.25, -0.2) is 13.8 Å². The molecule has 0 spiro atoms. The Bertz CT molecular complexity index is 1650. The second kappa shape index (κ2) is 14.0. The number of methoxy groups -OCH3 is 2. The number of rotatable bonds is 12. The number of carbonyl (C=O) groups is 1. The number of hydrogen-bond acceptors (Lipinski definition) is 7. The van der Waals surface area contributed by atoms with Crippen molar-refractivity contribution in [3.05, 3.63) is 112 Å². The molecule has 9 nitrogen and oxygen atoms in total. The van der Waals surface area contributed by atoms with Gasteiger partial charge in [-0.2, -0.15) is 5.10 Å². The zero-order chi connectivity index (χ0) is 30.1. The summed E-state index contributed by atoms with van der Waals surface area (Å²) < 4.78 is 45.3. The van der Waals surface area contributed by atoms with Crippen LogP contribution in [0.4, 0.5) is 5.69 Å². The van der Waals surface area contributed by atoms with E-state index < -0.39 is 22.5 Å². The van der Waals surface area contributed by atoms with Crippen LogP contribution in [0, 0.1) is 6.92 Å². The number of hydrogen-bond donors (Lipinski definition) is 1. The van der Waals surface area contributed by atoms with Gasteiger partial charge in [-0.1, -0.05) is 48.0 Å². The molecule has 11 heteroatoms. The number of amides is 1. The Hall–Kier alpha value is -4.35. The number of hydrazone groups is 1. The fraction of sp³-hybridized carbons (Fsp3) is 0.161. The highest BCUT2D eigenvalue weighted by molar-refractivity contribution is 9.10. The lowest BCUT2D eigenvalue weighted by molar-refractivity contribution is -0.119. The maximum atomic E-state index is 13.5. The van der Waals surface area contributed by atoms with Crippen molar-refractivity contribution in [2.24, 2.45) is 5.10 Å². The van der Waals surface area contributed by atoms with Crippen LogP contribution in [0.15, 0.2) is 105 Å². The third-order valence-electron chi connectivity index (χ3n) is 6.14. The Morgan fingerprint density at radius 2 is 1.64 bits per heavy atom. The standard InChI is InChI=1S/C31H30BrN3O6S/c1-22-9-11-23(12-10-22)21-41-31-28(32)17-24(18-29(31)40-3)19-33-34-30(36)20-35(25-13-15-26(39-2)16-14-25)42(37,38)27-7-5-4-6-8-27/h4-19H,20-21H2,1-3H3,(H,34,36)/b33-19+. The van der Waals surface area contributed by atoms with Crippen LogP contribution in [-0.2, 0) is 21.4 Å². The minimum atomic E-state index is -4.05. The maximum absolute atomic E-state index is 13.5. The molecule has 1 N–H and O–H groups in total. The van der Waals surface area contributed by atoms with E-state index in [1.807, 2.05) is 31.2 Å². The number of sulfonamides is 1. The zero-order valence-electron chi connectivity index (χ0n) is 23.3. The lowest BCUT2D eigenvalue weighted by Gasteiger charge is -2.23. The molecule has 1 amide bonds. The average molecular weight is 653 g/mol. The van der Waals surface area contributed by atoms with Crippen molar-refractivity contribution in [3.8, 4) is 17.2 Å². The number of carbonyl (C=O) groups excluding carboxylic acids is 1. The molecule has 0 aliphatic carbocycles. The highest BCUT2D eigenvalue weighted by Crippen LogP contribution is 2.37. The van der Waals surface area contributed by atoms with Crippen LogP contribution in [0.2, 0.25) is 0 Å². The van der Waals surface area contributed by atoms with Gasteiger partial charge in [0.2, 0.25) is 0 Å². The summed E-state index contributed by atoms with van der Waals surface area (Å²) in [5, 5.41) is 4.04. The SMILES string of the molecule is COc1ccc(N(CC(=O)N/N=C/c2cc(Br)c(OCc3ccc(C)cc3)c(OC)c2)S(=O)(=O)c2ccccc2)cc1. The zero-order valence-corrected chi connectivity index (χ0v) is 25.7. The molecule has 218 valence electrons. The third kappa shape index (κ3) is 7.68. The van der Waals surface area contributed by atoms with Gasteiger partial charge in [0.1, 0.15) is 18.9 Å². The van der Waals surface area contributed by atoms with Gasteiger partial charge >= 0.3 is 0 Å². The van der Waals surface area contributed by atoms with Crippen LogP contribution in [0.3, 0.4) is 0 Å². The molecule has 0 unspecified atom stereocenters. The molecule has 0 aliphatic heterocycles. The molecular formula is C31H30BrN3O6S. The summed E-state index contributed by atoms with van der Waals surface area (Å²) in [5.41, 5.74) is 5.51. The summed E-state index contributed by atoms with van der Waals surface area (Å²) >= 11 is 3.52. The molecular weight excluding hydrogens is 622 g/mol. The van der Waals surface area contributed by atoms with E-state index in [1.54, 1.807) is 54.6 Å². The van der Waals surface area contributed by atoms with Gasteiger partial charge in [-0.3, -0.25) is 9.10 Å². The molecule has 0 radical (unpaired) electrons. The first-order valence-electron chi connectivity index (χ1n) is 12.8. The normalized spacial score (nSPS) is 11.2. The van der Waals surface area contributed by atoms with E-state index in [0.29, 0.717) is 39.6 Å². The quantitative estimate of drug-likeness (QED) is 0.156. The molecule has 0 aliphatic rings. The summed E-state index contributed by atoms with van der Waals surface area (Å²) in [7, 11) is -1.01. The van der Waals surface area contributed by atoms with Gasteiger partial charge in [0, 0.05) is 0 Å². The molecule has 0 heterocycles. The van der Waals surface area contributed by atoms with Gasteiger partial charge in [-0.15, -0.1) is 0 Å². The van der Waals surface area contributed by atoms with Crippen molar-refractivity contribution in [2.75, 3.05) is 25.1 Å². The number of ether oxygens (including phenoxy) is 3. The molecule has 0 saturated heterocycles. The highest BCUT2D eigenvalue weighted by Gasteiger charge is 2.27. The van der Waals surface area contributed by atoms with E-state index in [9.17, 15) is 13.2 Å². The first-order valence-corrected chi connectivity index (χ1v) is 15.0. The fourth-order valence-corrected chi connectivity index (χ4v) is 5.94. The molecule has 4 aromatic carbocycles. The number of nitrogens with one attached hydrogen (secondary N) is 1. The van der Waals surface area contributed by atoms with E-state index in [0.717, 1.165) is 9.87 Å². The summed E-state index contributed by atoms with van der Waals surface area (Å²) in [5.74, 6) is 0.924. The highest BCUT2D eigenvalue weighted by atomic mass is 79.9. The fourth-order valence-electron chi connectivity index (χ4n) is 3.92. The minimum Gasteiger partial charge on any atom is -0.497 e. The topological polar surface area (TPSA) is 107 Å². The van der Waals surface area contributed by atoms with Crippen molar-refractivity contribution >= 4 is 43.8 Å². The summed E-state index contributed by atoms with van der Waals surface area (Å²) in [6.07, 6.45) is 1.43. The number of anilines is 1. The smallest absolute Gasteiger partial charge is 0.264 e. The molecule has 0 aromatic heterocycles. The van der Waals surface area contributed by atoms with Crippen LogP contribution in [-0.4, -0.2) is 41.3 Å². The van der Waals surface area contributed by atoms with E-state index in [2.05, 4.69) is 26.5 Å². The van der Waals surface area contributed by atoms with E-state index in [-0.39, 0.29) is 4.90 Å². The Morgan fingerprint density at radius 1 is 0.952 bits per heavy atom. The molecule has 0 saturated carbocycles. The molecule has 0 bridgehead atoms. The summed E-state index contributed by atoms with van der Waals surface area (Å²) in [6, 6.07) is 25.8. The van der Waals surface area contributed by atoms with Gasteiger partial charge in [-0.05, 0) is 82.5 Å². The molecule has 4 aromatic rings. The lowest BCUT2D eigenvalue weighted by Crippen LogP contribution is -2.39. The Labute approximate surface area is 253 Å². The summed E-state index contributed by atoms with van der Waals surface area (Å²) in [4.78, 5) is 12.9. The van der Waals surface area contributed by atoms with Gasteiger partial charge in [0.25, 0.3) is 15.9 Å². The van der Waals surface area contributed by atoms with Crippen molar-refractivity contribution in [3.63, 3.8) is 0 Å². The van der Waals surface area contributed by atoms with Crippen molar-refractivity contribution in [1.29, 1.82) is 0 Å². The first kappa shape index (κ1) is 30.6. The number of benzene rings is 4. The molecule has 42 heavy (non-hydrogen) atoms. The Balaban J connectivity index is 1.48. The predicted molar refractivity (Wildman–Crippen MR) is 166 cm³/mol. The van der Waals surface area contributed by atoms with Crippen LogP contribution in [0.25, 0.3) is 0 Å². The number of halogens is 1.